The lowest BCUT2D eigenvalue weighted by Crippen LogP contribution is -2.18. The molecular formula is C49H45N. The summed E-state index contributed by atoms with van der Waals surface area (Å²) in [6.07, 6.45) is 0. The molecule has 7 aromatic rings. The van der Waals surface area contributed by atoms with Crippen LogP contribution in [0.15, 0.2) is 164 Å². The maximum absolute atomic E-state index is 2.45. The van der Waals surface area contributed by atoms with Crippen LogP contribution in [0.4, 0.5) is 17.1 Å². The SMILES string of the molecule is C.CC1(C)c2ccccc2-c2ccc(N(c3ccc(-c4ccccc4)cc3)c3ccc4c(c3)C(C)(C)c3cccc(-c5ccccc5)c3-4)cc21.[HH]. The van der Waals surface area contributed by atoms with Gasteiger partial charge in [-0.15, -0.1) is 0 Å². The van der Waals surface area contributed by atoms with Crippen molar-refractivity contribution in [3.63, 3.8) is 0 Å². The summed E-state index contributed by atoms with van der Waals surface area (Å²) in [5.74, 6) is 0. The van der Waals surface area contributed by atoms with Gasteiger partial charge in [0.25, 0.3) is 0 Å². The molecule has 0 N–H and O–H groups in total. The Balaban J connectivity index is 0.00000203. The second kappa shape index (κ2) is 11.7. The summed E-state index contributed by atoms with van der Waals surface area (Å²) in [7, 11) is 0. The lowest BCUT2D eigenvalue weighted by Gasteiger charge is -2.30. The molecule has 0 atom stereocenters. The van der Waals surface area contributed by atoms with E-state index >= 15 is 0 Å². The van der Waals surface area contributed by atoms with E-state index in [1.807, 2.05) is 0 Å². The van der Waals surface area contributed by atoms with E-state index in [4.69, 9.17) is 0 Å². The van der Waals surface area contributed by atoms with Crippen LogP contribution in [0.2, 0.25) is 0 Å². The average molecular weight is 648 g/mol. The zero-order valence-corrected chi connectivity index (χ0v) is 28.5. The van der Waals surface area contributed by atoms with Crippen LogP contribution < -0.4 is 4.90 Å². The summed E-state index contributed by atoms with van der Waals surface area (Å²) in [4.78, 5) is 2.45. The van der Waals surface area contributed by atoms with E-state index in [-0.39, 0.29) is 19.7 Å². The summed E-state index contributed by atoms with van der Waals surface area (Å²) < 4.78 is 0. The van der Waals surface area contributed by atoms with Crippen molar-refractivity contribution in [2.45, 2.75) is 46.0 Å². The molecular weight excluding hydrogens is 603 g/mol. The normalized spacial score (nSPS) is 14.2. The van der Waals surface area contributed by atoms with Crippen molar-refractivity contribution in [3.8, 4) is 44.5 Å². The van der Waals surface area contributed by atoms with E-state index in [2.05, 4.69) is 196 Å². The molecule has 0 radical (unpaired) electrons. The molecule has 0 spiro atoms. The van der Waals surface area contributed by atoms with Crippen molar-refractivity contribution in [3.05, 3.63) is 186 Å². The van der Waals surface area contributed by atoms with Gasteiger partial charge in [-0.2, -0.15) is 0 Å². The highest BCUT2D eigenvalue weighted by Crippen LogP contribution is 2.54. The van der Waals surface area contributed by atoms with Gasteiger partial charge in [0, 0.05) is 29.3 Å². The number of rotatable bonds is 5. The Labute approximate surface area is 299 Å². The number of nitrogens with zero attached hydrogens (tertiary/aromatic N) is 1. The molecule has 7 aromatic carbocycles. The fourth-order valence-electron chi connectivity index (χ4n) is 8.49. The van der Waals surface area contributed by atoms with E-state index in [1.54, 1.807) is 0 Å². The van der Waals surface area contributed by atoms with Crippen LogP contribution in [0.3, 0.4) is 0 Å². The topological polar surface area (TPSA) is 3.24 Å². The van der Waals surface area contributed by atoms with E-state index in [1.165, 1.54) is 78.1 Å². The predicted molar refractivity (Wildman–Crippen MR) is 216 cm³/mol. The third-order valence-corrected chi connectivity index (χ3v) is 11.1. The maximum atomic E-state index is 2.45. The van der Waals surface area contributed by atoms with Gasteiger partial charge >= 0.3 is 0 Å². The van der Waals surface area contributed by atoms with Crippen LogP contribution in [0.5, 0.6) is 0 Å². The highest BCUT2D eigenvalue weighted by atomic mass is 15.1. The van der Waals surface area contributed by atoms with Crippen molar-refractivity contribution in [1.29, 1.82) is 0 Å². The van der Waals surface area contributed by atoms with Crippen molar-refractivity contribution in [2.75, 3.05) is 4.90 Å². The Bertz CT molecular complexity index is 2370. The van der Waals surface area contributed by atoms with Crippen LogP contribution in [0, 0.1) is 0 Å². The van der Waals surface area contributed by atoms with E-state index < -0.39 is 0 Å². The lowest BCUT2D eigenvalue weighted by atomic mass is 9.81. The fourth-order valence-corrected chi connectivity index (χ4v) is 8.49. The number of anilines is 3. The molecule has 0 unspecified atom stereocenters. The number of fused-ring (bicyclic) bond motifs is 6. The van der Waals surface area contributed by atoms with Gasteiger partial charge in [0.05, 0.1) is 0 Å². The largest absolute Gasteiger partial charge is 0.310 e. The first-order valence-electron chi connectivity index (χ1n) is 17.4. The molecule has 0 saturated carbocycles. The Hall–Kier alpha value is -5.66. The van der Waals surface area contributed by atoms with Gasteiger partial charge in [0.1, 0.15) is 0 Å². The molecule has 2 aliphatic rings. The minimum Gasteiger partial charge on any atom is -0.310 e. The second-order valence-electron chi connectivity index (χ2n) is 14.6. The highest BCUT2D eigenvalue weighted by Gasteiger charge is 2.38. The zero-order chi connectivity index (χ0) is 33.3. The van der Waals surface area contributed by atoms with Crippen molar-refractivity contribution in [2.24, 2.45) is 0 Å². The van der Waals surface area contributed by atoms with Crippen molar-refractivity contribution in [1.82, 2.24) is 0 Å². The fraction of sp³-hybridized carbons (Fsp3) is 0.143. The second-order valence-corrected chi connectivity index (χ2v) is 14.6. The van der Waals surface area contributed by atoms with E-state index in [0.29, 0.717) is 0 Å². The number of benzene rings is 7. The first-order valence-corrected chi connectivity index (χ1v) is 17.4. The number of hydrogen-bond donors (Lipinski definition) is 0. The van der Waals surface area contributed by atoms with Gasteiger partial charge in [-0.1, -0.05) is 163 Å². The Kier molecular flexibility index (Phi) is 7.42. The third-order valence-electron chi connectivity index (χ3n) is 11.1. The van der Waals surface area contributed by atoms with E-state index in [9.17, 15) is 0 Å². The van der Waals surface area contributed by atoms with E-state index in [0.717, 1.165) is 5.69 Å². The molecule has 9 rings (SSSR count). The van der Waals surface area contributed by atoms with Crippen LogP contribution in [-0.2, 0) is 10.8 Å². The maximum Gasteiger partial charge on any atom is 0.0465 e. The third kappa shape index (κ3) is 4.76. The van der Waals surface area contributed by atoms with Crippen LogP contribution in [-0.4, -0.2) is 0 Å². The summed E-state index contributed by atoms with van der Waals surface area (Å²) in [5, 5.41) is 0. The summed E-state index contributed by atoms with van der Waals surface area (Å²) in [6.45, 7) is 9.48. The molecule has 1 heteroatoms. The minimum absolute atomic E-state index is 0. The molecule has 50 heavy (non-hydrogen) atoms. The molecule has 0 bridgehead atoms. The summed E-state index contributed by atoms with van der Waals surface area (Å²) in [5.41, 5.74) is 19.1. The minimum atomic E-state index is -0.143. The molecule has 0 heterocycles. The Morgan fingerprint density at radius 1 is 0.360 bits per heavy atom. The predicted octanol–water partition coefficient (Wildman–Crippen LogP) is 14.0. The van der Waals surface area contributed by atoms with Gasteiger partial charge in [0.15, 0.2) is 0 Å². The van der Waals surface area contributed by atoms with Gasteiger partial charge in [-0.25, -0.2) is 0 Å². The Morgan fingerprint density at radius 3 is 1.50 bits per heavy atom. The Morgan fingerprint density at radius 2 is 0.820 bits per heavy atom. The van der Waals surface area contributed by atoms with Crippen LogP contribution in [0.1, 0.15) is 58.8 Å². The van der Waals surface area contributed by atoms with Gasteiger partial charge in [0.2, 0.25) is 0 Å². The summed E-state index contributed by atoms with van der Waals surface area (Å²) in [6, 6.07) is 60.4. The zero-order valence-electron chi connectivity index (χ0n) is 28.5. The smallest absolute Gasteiger partial charge is 0.0465 e. The van der Waals surface area contributed by atoms with Gasteiger partial charge in [-0.3, -0.25) is 0 Å². The quantitative estimate of drug-likeness (QED) is 0.180. The van der Waals surface area contributed by atoms with Crippen LogP contribution in [0.25, 0.3) is 44.5 Å². The standard InChI is InChI=1S/C48H39N.CH4.H2/c1-47(2)42-20-12-11-18-39(42)40-28-26-36(30-44(40)47)49(35-24-22-33(23-25-35)32-14-7-5-8-15-32)37-27-29-41-45(31-37)48(3,4)43-21-13-19-38(46(41)43)34-16-9-6-10-17-34;;/h5-31H,1-4H3;1H4;1H. The number of hydrogen-bond acceptors (Lipinski definition) is 1. The molecule has 1 nitrogen and oxygen atoms in total. The van der Waals surface area contributed by atoms with Gasteiger partial charge in [-0.05, 0) is 103 Å². The summed E-state index contributed by atoms with van der Waals surface area (Å²) >= 11 is 0. The average Bonchev–Trinajstić information content (AvgIpc) is 3.52. The monoisotopic (exact) mass is 647 g/mol. The molecule has 0 aromatic heterocycles. The molecule has 0 saturated heterocycles. The molecule has 246 valence electrons. The first kappa shape index (κ1) is 31.6. The van der Waals surface area contributed by atoms with Crippen molar-refractivity contribution >= 4 is 17.1 Å². The lowest BCUT2D eigenvalue weighted by molar-refractivity contribution is 0.660. The molecule has 0 fully saturated rings. The molecule has 0 aliphatic heterocycles. The molecule has 2 aliphatic carbocycles. The van der Waals surface area contributed by atoms with Gasteiger partial charge < -0.3 is 4.90 Å². The van der Waals surface area contributed by atoms with Crippen LogP contribution >= 0.6 is 0 Å². The molecule has 0 amide bonds. The first-order chi connectivity index (χ1) is 23.8. The van der Waals surface area contributed by atoms with Crippen molar-refractivity contribution < 1.29 is 1.43 Å². The highest BCUT2D eigenvalue weighted by molar-refractivity contribution is 5.94.